The molecule has 0 fully saturated rings. The zero-order chi connectivity index (χ0) is 12.3. The normalized spacial score (nSPS) is 10.9. The fourth-order valence-electron chi connectivity index (χ4n) is 1.64. The number of amides is 1. The Morgan fingerprint density at radius 2 is 1.94 bits per heavy atom. The number of carbonyl (C=O) groups excluding carboxylic acids is 1. The first-order valence-electron chi connectivity index (χ1n) is 5.68. The van der Waals surface area contributed by atoms with Crippen LogP contribution in [0.4, 0.5) is 5.69 Å². The molecule has 0 aliphatic heterocycles. The van der Waals surface area contributed by atoms with Gasteiger partial charge in [-0.05, 0) is 32.4 Å². The third-order valence-corrected chi connectivity index (χ3v) is 2.52. The van der Waals surface area contributed by atoms with E-state index in [2.05, 4.69) is 4.98 Å². The van der Waals surface area contributed by atoms with E-state index in [9.17, 15) is 4.79 Å². The van der Waals surface area contributed by atoms with Crippen molar-refractivity contribution in [1.82, 2.24) is 4.98 Å². The average Bonchev–Trinajstić information content (AvgIpc) is 2.20. The maximum absolute atomic E-state index is 12.1. The van der Waals surface area contributed by atoms with E-state index in [-0.39, 0.29) is 17.9 Å². The SMILES string of the molecule is Cc1ccncc1N(C(=O)C(C)C)C(C)C. The van der Waals surface area contributed by atoms with Crippen molar-refractivity contribution in [3.63, 3.8) is 0 Å². The molecule has 3 heteroatoms. The quantitative estimate of drug-likeness (QED) is 0.784. The second-order valence-corrected chi connectivity index (χ2v) is 4.62. The lowest BCUT2D eigenvalue weighted by molar-refractivity contribution is -0.121. The number of hydrogen-bond acceptors (Lipinski definition) is 2. The van der Waals surface area contributed by atoms with Crippen molar-refractivity contribution < 1.29 is 4.79 Å². The van der Waals surface area contributed by atoms with E-state index < -0.39 is 0 Å². The van der Waals surface area contributed by atoms with Gasteiger partial charge in [-0.1, -0.05) is 13.8 Å². The molecule has 1 aromatic heterocycles. The maximum atomic E-state index is 12.1. The summed E-state index contributed by atoms with van der Waals surface area (Å²) in [6, 6.07) is 2.08. The second-order valence-electron chi connectivity index (χ2n) is 4.62. The minimum Gasteiger partial charge on any atom is -0.308 e. The van der Waals surface area contributed by atoms with Crippen LogP contribution in [0.15, 0.2) is 18.5 Å². The van der Waals surface area contributed by atoms with Crippen LogP contribution in [-0.2, 0) is 4.79 Å². The molecule has 0 radical (unpaired) electrons. The van der Waals surface area contributed by atoms with Gasteiger partial charge in [0.2, 0.25) is 5.91 Å². The van der Waals surface area contributed by atoms with Crippen molar-refractivity contribution in [2.75, 3.05) is 4.90 Å². The molecule has 1 heterocycles. The van der Waals surface area contributed by atoms with Gasteiger partial charge < -0.3 is 4.90 Å². The van der Waals surface area contributed by atoms with E-state index in [0.717, 1.165) is 11.3 Å². The van der Waals surface area contributed by atoms with Crippen LogP contribution in [0.2, 0.25) is 0 Å². The highest BCUT2D eigenvalue weighted by atomic mass is 16.2. The number of anilines is 1. The molecule has 1 aromatic rings. The lowest BCUT2D eigenvalue weighted by Crippen LogP contribution is -2.40. The summed E-state index contributed by atoms with van der Waals surface area (Å²) in [5.41, 5.74) is 1.99. The number of nitrogens with zero attached hydrogens (tertiary/aromatic N) is 2. The molecule has 1 amide bonds. The molecular weight excluding hydrogens is 200 g/mol. The monoisotopic (exact) mass is 220 g/mol. The molecule has 0 aliphatic rings. The predicted molar refractivity (Wildman–Crippen MR) is 66.4 cm³/mol. The minimum absolute atomic E-state index is 0.00186. The van der Waals surface area contributed by atoms with Crippen molar-refractivity contribution in [1.29, 1.82) is 0 Å². The van der Waals surface area contributed by atoms with Gasteiger partial charge >= 0.3 is 0 Å². The summed E-state index contributed by atoms with van der Waals surface area (Å²) in [5, 5.41) is 0. The predicted octanol–water partition coefficient (Wildman–Crippen LogP) is 2.79. The van der Waals surface area contributed by atoms with E-state index in [1.54, 1.807) is 12.4 Å². The number of hydrogen-bond donors (Lipinski definition) is 0. The molecule has 0 saturated carbocycles. The number of aryl methyl sites for hydroxylation is 1. The van der Waals surface area contributed by atoms with E-state index in [0.29, 0.717) is 0 Å². The fraction of sp³-hybridized carbons (Fsp3) is 0.538. The van der Waals surface area contributed by atoms with Crippen LogP contribution in [0.25, 0.3) is 0 Å². The number of carbonyl (C=O) groups is 1. The Hall–Kier alpha value is -1.38. The van der Waals surface area contributed by atoms with E-state index >= 15 is 0 Å². The van der Waals surface area contributed by atoms with E-state index in [1.165, 1.54) is 0 Å². The standard InChI is InChI=1S/C13H20N2O/c1-9(2)13(16)15(10(3)4)12-8-14-7-6-11(12)5/h6-10H,1-5H3. The third-order valence-electron chi connectivity index (χ3n) is 2.52. The van der Waals surface area contributed by atoms with Crippen LogP contribution in [-0.4, -0.2) is 16.9 Å². The van der Waals surface area contributed by atoms with Crippen LogP contribution in [0, 0.1) is 12.8 Å². The lowest BCUT2D eigenvalue weighted by atomic mass is 10.1. The van der Waals surface area contributed by atoms with Gasteiger partial charge in [0, 0.05) is 18.2 Å². The van der Waals surface area contributed by atoms with Crippen molar-refractivity contribution in [3.8, 4) is 0 Å². The molecule has 0 N–H and O–H groups in total. The van der Waals surface area contributed by atoms with Gasteiger partial charge in [-0.25, -0.2) is 0 Å². The Labute approximate surface area is 97.5 Å². The molecule has 88 valence electrons. The first kappa shape index (κ1) is 12.7. The molecular formula is C13H20N2O. The molecule has 3 nitrogen and oxygen atoms in total. The summed E-state index contributed by atoms with van der Waals surface area (Å²) in [7, 11) is 0. The zero-order valence-electron chi connectivity index (χ0n) is 10.7. The highest BCUT2D eigenvalue weighted by Crippen LogP contribution is 2.22. The summed E-state index contributed by atoms with van der Waals surface area (Å²) in [6.45, 7) is 9.88. The highest BCUT2D eigenvalue weighted by Gasteiger charge is 2.22. The van der Waals surface area contributed by atoms with Gasteiger partial charge in [-0.3, -0.25) is 9.78 Å². The van der Waals surface area contributed by atoms with E-state index in [1.807, 2.05) is 45.6 Å². The molecule has 0 unspecified atom stereocenters. The van der Waals surface area contributed by atoms with Gasteiger partial charge in [0.15, 0.2) is 0 Å². The Kier molecular flexibility index (Phi) is 4.05. The number of pyridine rings is 1. The second kappa shape index (κ2) is 5.10. The van der Waals surface area contributed by atoms with Crippen LogP contribution >= 0.6 is 0 Å². The minimum atomic E-state index is 0.00186. The van der Waals surface area contributed by atoms with E-state index in [4.69, 9.17) is 0 Å². The van der Waals surface area contributed by atoms with Crippen LogP contribution < -0.4 is 4.90 Å². The summed E-state index contributed by atoms with van der Waals surface area (Å²) in [6.07, 6.45) is 3.51. The maximum Gasteiger partial charge on any atom is 0.229 e. The molecule has 1 rings (SSSR count). The van der Waals surface area contributed by atoms with Crippen LogP contribution in [0.3, 0.4) is 0 Å². The first-order valence-corrected chi connectivity index (χ1v) is 5.68. The topological polar surface area (TPSA) is 33.2 Å². The lowest BCUT2D eigenvalue weighted by Gasteiger charge is -2.29. The summed E-state index contributed by atoms with van der Waals surface area (Å²) < 4.78 is 0. The Morgan fingerprint density at radius 1 is 1.31 bits per heavy atom. The fourth-order valence-corrected chi connectivity index (χ4v) is 1.64. The Balaban J connectivity index is 3.13. The first-order chi connectivity index (χ1) is 7.45. The molecule has 16 heavy (non-hydrogen) atoms. The van der Waals surface area contributed by atoms with Gasteiger partial charge in [-0.15, -0.1) is 0 Å². The average molecular weight is 220 g/mol. The van der Waals surface area contributed by atoms with Crippen molar-refractivity contribution in [2.45, 2.75) is 40.7 Å². The summed E-state index contributed by atoms with van der Waals surface area (Å²) in [4.78, 5) is 18.1. The zero-order valence-corrected chi connectivity index (χ0v) is 10.7. The molecule has 0 saturated heterocycles. The van der Waals surface area contributed by atoms with Crippen molar-refractivity contribution in [2.24, 2.45) is 5.92 Å². The number of rotatable bonds is 3. The number of aromatic nitrogens is 1. The Morgan fingerprint density at radius 3 is 2.38 bits per heavy atom. The molecule has 0 spiro atoms. The van der Waals surface area contributed by atoms with Crippen LogP contribution in [0.1, 0.15) is 33.3 Å². The van der Waals surface area contributed by atoms with Gasteiger partial charge in [-0.2, -0.15) is 0 Å². The van der Waals surface area contributed by atoms with Crippen molar-refractivity contribution in [3.05, 3.63) is 24.0 Å². The molecule has 0 atom stereocenters. The van der Waals surface area contributed by atoms with Gasteiger partial charge in [0.1, 0.15) is 0 Å². The molecule has 0 bridgehead atoms. The largest absolute Gasteiger partial charge is 0.308 e. The third kappa shape index (κ3) is 2.60. The van der Waals surface area contributed by atoms with Crippen LogP contribution in [0.5, 0.6) is 0 Å². The van der Waals surface area contributed by atoms with Gasteiger partial charge in [0.05, 0.1) is 11.9 Å². The highest BCUT2D eigenvalue weighted by molar-refractivity contribution is 5.95. The summed E-state index contributed by atoms with van der Waals surface area (Å²) in [5.74, 6) is 0.146. The smallest absolute Gasteiger partial charge is 0.229 e. The Bertz CT molecular complexity index is 372. The summed E-state index contributed by atoms with van der Waals surface area (Å²) >= 11 is 0. The molecule has 0 aliphatic carbocycles. The molecule has 0 aromatic carbocycles. The van der Waals surface area contributed by atoms with Crippen molar-refractivity contribution >= 4 is 11.6 Å². The van der Waals surface area contributed by atoms with Gasteiger partial charge in [0.25, 0.3) is 0 Å².